The molecule has 0 aromatic carbocycles. The Hall–Kier alpha value is -1.14. The predicted octanol–water partition coefficient (Wildman–Crippen LogP) is -0.211. The van der Waals surface area contributed by atoms with Crippen molar-refractivity contribution in [3.8, 4) is 0 Å². The highest BCUT2D eigenvalue weighted by Gasteiger charge is 2.18. The van der Waals surface area contributed by atoms with Gasteiger partial charge in [0.15, 0.2) is 0 Å². The minimum Gasteiger partial charge on any atom is -0.483 e. The standard InChI is InChI=1S/C6H14O2.2CH2O2/c1-3-6(2,4-7)5-8;2*2-1-3/h7-8H,3-5H2,1-2H3;2*1H,(H,2,3). The van der Waals surface area contributed by atoms with Gasteiger partial charge < -0.3 is 20.4 Å². The summed E-state index contributed by atoms with van der Waals surface area (Å²) in [7, 11) is 0. The minimum absolute atomic E-state index is 0.0694. The van der Waals surface area contributed by atoms with Crippen LogP contribution in [0.2, 0.25) is 0 Å². The van der Waals surface area contributed by atoms with Crippen molar-refractivity contribution < 1.29 is 30.0 Å². The van der Waals surface area contributed by atoms with Crippen molar-refractivity contribution in [1.29, 1.82) is 0 Å². The van der Waals surface area contributed by atoms with E-state index in [2.05, 4.69) is 0 Å². The Labute approximate surface area is 82.8 Å². The van der Waals surface area contributed by atoms with Crippen LogP contribution >= 0.6 is 0 Å². The van der Waals surface area contributed by atoms with Crippen molar-refractivity contribution in [2.45, 2.75) is 20.3 Å². The summed E-state index contributed by atoms with van der Waals surface area (Å²) < 4.78 is 0. The van der Waals surface area contributed by atoms with E-state index < -0.39 is 0 Å². The SMILES string of the molecule is CCC(C)(CO)CO.O=CO.O=CO. The zero-order valence-electron chi connectivity index (χ0n) is 8.38. The summed E-state index contributed by atoms with van der Waals surface area (Å²) in [6, 6.07) is 0. The second-order valence-corrected chi connectivity index (χ2v) is 2.69. The number of aliphatic hydroxyl groups is 2. The lowest BCUT2D eigenvalue weighted by atomic mass is 9.90. The Morgan fingerprint density at radius 1 is 1.07 bits per heavy atom. The zero-order chi connectivity index (χ0) is 12.0. The molecule has 0 aliphatic rings. The molecule has 0 amide bonds. The van der Waals surface area contributed by atoms with Crippen LogP contribution in [-0.4, -0.2) is 46.6 Å². The molecule has 6 heteroatoms. The summed E-state index contributed by atoms with van der Waals surface area (Å²) in [6.07, 6.45) is 0.819. The van der Waals surface area contributed by atoms with Gasteiger partial charge in [-0.1, -0.05) is 13.8 Å². The first kappa shape index (κ1) is 18.6. The first-order valence-corrected chi connectivity index (χ1v) is 3.89. The number of hydrogen-bond donors (Lipinski definition) is 4. The third kappa shape index (κ3) is 17.1. The first-order chi connectivity index (χ1) is 6.51. The summed E-state index contributed by atoms with van der Waals surface area (Å²) in [5, 5.41) is 31.0. The Morgan fingerprint density at radius 2 is 1.29 bits per heavy atom. The van der Waals surface area contributed by atoms with Crippen molar-refractivity contribution in [2.24, 2.45) is 5.41 Å². The number of carbonyl (C=O) groups is 2. The molecule has 0 fully saturated rings. The maximum Gasteiger partial charge on any atom is 0.290 e. The van der Waals surface area contributed by atoms with E-state index in [-0.39, 0.29) is 31.6 Å². The van der Waals surface area contributed by atoms with Crippen LogP contribution in [0, 0.1) is 5.41 Å². The molecule has 14 heavy (non-hydrogen) atoms. The largest absolute Gasteiger partial charge is 0.483 e. The summed E-state index contributed by atoms with van der Waals surface area (Å²) in [5.74, 6) is 0. The molecule has 0 saturated carbocycles. The fraction of sp³-hybridized carbons (Fsp3) is 0.750. The molecule has 0 aliphatic carbocycles. The molecule has 0 saturated heterocycles. The van der Waals surface area contributed by atoms with E-state index in [9.17, 15) is 0 Å². The second kappa shape index (κ2) is 14.4. The molecular weight excluding hydrogens is 192 g/mol. The molecule has 0 aromatic rings. The van der Waals surface area contributed by atoms with Gasteiger partial charge in [0.1, 0.15) is 0 Å². The van der Waals surface area contributed by atoms with Crippen LogP contribution in [0.25, 0.3) is 0 Å². The molecular formula is C8H18O6. The molecule has 0 radical (unpaired) electrons. The summed E-state index contributed by atoms with van der Waals surface area (Å²) >= 11 is 0. The molecule has 0 unspecified atom stereocenters. The third-order valence-corrected chi connectivity index (χ3v) is 1.62. The molecule has 0 heterocycles. The molecule has 6 nitrogen and oxygen atoms in total. The molecule has 86 valence electrons. The van der Waals surface area contributed by atoms with Crippen LogP contribution in [0.4, 0.5) is 0 Å². The Bertz CT molecular complexity index is 107. The van der Waals surface area contributed by atoms with Gasteiger partial charge in [-0.25, -0.2) is 0 Å². The Morgan fingerprint density at radius 3 is 1.29 bits per heavy atom. The number of rotatable bonds is 3. The van der Waals surface area contributed by atoms with E-state index in [0.29, 0.717) is 0 Å². The van der Waals surface area contributed by atoms with Gasteiger partial charge in [0.05, 0.1) is 13.2 Å². The van der Waals surface area contributed by atoms with E-state index in [1.807, 2.05) is 13.8 Å². The van der Waals surface area contributed by atoms with E-state index in [1.54, 1.807) is 0 Å². The van der Waals surface area contributed by atoms with Gasteiger partial charge >= 0.3 is 0 Å². The van der Waals surface area contributed by atoms with E-state index >= 15 is 0 Å². The third-order valence-electron chi connectivity index (χ3n) is 1.62. The van der Waals surface area contributed by atoms with Crippen molar-refractivity contribution in [3.05, 3.63) is 0 Å². The summed E-state index contributed by atoms with van der Waals surface area (Å²) in [5.41, 5.74) is -0.264. The van der Waals surface area contributed by atoms with Gasteiger partial charge in [-0.2, -0.15) is 0 Å². The van der Waals surface area contributed by atoms with Crippen molar-refractivity contribution in [2.75, 3.05) is 13.2 Å². The second-order valence-electron chi connectivity index (χ2n) is 2.69. The highest BCUT2D eigenvalue weighted by atomic mass is 16.3. The van der Waals surface area contributed by atoms with Crippen molar-refractivity contribution >= 4 is 12.9 Å². The number of carboxylic acid groups (broad SMARTS) is 2. The topological polar surface area (TPSA) is 115 Å². The van der Waals surface area contributed by atoms with Gasteiger partial charge in [0.25, 0.3) is 12.9 Å². The van der Waals surface area contributed by atoms with Crippen LogP contribution in [0.5, 0.6) is 0 Å². The highest BCUT2D eigenvalue weighted by Crippen LogP contribution is 2.17. The summed E-state index contributed by atoms with van der Waals surface area (Å²) in [4.78, 5) is 16.7. The van der Waals surface area contributed by atoms with E-state index in [0.717, 1.165) is 6.42 Å². The quantitative estimate of drug-likeness (QED) is 0.479. The highest BCUT2D eigenvalue weighted by molar-refractivity contribution is 5.32. The lowest BCUT2D eigenvalue weighted by Gasteiger charge is -2.21. The Balaban J connectivity index is -0.000000168. The molecule has 4 N–H and O–H groups in total. The number of aliphatic hydroxyl groups excluding tert-OH is 2. The minimum atomic E-state index is -0.264. The smallest absolute Gasteiger partial charge is 0.290 e. The van der Waals surface area contributed by atoms with Crippen LogP contribution in [-0.2, 0) is 9.59 Å². The molecule has 0 rings (SSSR count). The lowest BCUT2D eigenvalue weighted by molar-refractivity contribution is -0.123. The van der Waals surface area contributed by atoms with E-state index in [4.69, 9.17) is 30.0 Å². The predicted molar refractivity (Wildman–Crippen MR) is 50.0 cm³/mol. The van der Waals surface area contributed by atoms with E-state index in [1.165, 1.54) is 0 Å². The maximum absolute atomic E-state index is 8.63. The van der Waals surface area contributed by atoms with Crippen molar-refractivity contribution in [3.63, 3.8) is 0 Å². The summed E-state index contributed by atoms with van der Waals surface area (Å²) in [6.45, 7) is 3.44. The monoisotopic (exact) mass is 210 g/mol. The average molecular weight is 210 g/mol. The molecule has 0 bridgehead atoms. The molecule has 0 aromatic heterocycles. The Kier molecular flexibility index (Phi) is 19.1. The van der Waals surface area contributed by atoms with Crippen LogP contribution in [0.15, 0.2) is 0 Å². The fourth-order valence-corrected chi connectivity index (χ4v) is 0.274. The van der Waals surface area contributed by atoms with Gasteiger partial charge in [-0.3, -0.25) is 9.59 Å². The van der Waals surface area contributed by atoms with Crippen LogP contribution < -0.4 is 0 Å². The van der Waals surface area contributed by atoms with Crippen molar-refractivity contribution in [1.82, 2.24) is 0 Å². The fourth-order valence-electron chi connectivity index (χ4n) is 0.274. The first-order valence-electron chi connectivity index (χ1n) is 3.89. The lowest BCUT2D eigenvalue weighted by Crippen LogP contribution is -2.24. The molecule has 0 aliphatic heterocycles. The molecule has 0 atom stereocenters. The average Bonchev–Trinajstić information content (AvgIpc) is 2.19. The van der Waals surface area contributed by atoms with Gasteiger partial charge in [-0.05, 0) is 6.42 Å². The zero-order valence-corrected chi connectivity index (χ0v) is 8.38. The number of hydrogen-bond acceptors (Lipinski definition) is 4. The van der Waals surface area contributed by atoms with Gasteiger partial charge in [-0.15, -0.1) is 0 Å². The van der Waals surface area contributed by atoms with Crippen LogP contribution in [0.3, 0.4) is 0 Å². The normalized spacial score (nSPS) is 8.57. The van der Waals surface area contributed by atoms with Gasteiger partial charge in [0, 0.05) is 5.41 Å². The maximum atomic E-state index is 8.63. The molecule has 0 spiro atoms. The van der Waals surface area contributed by atoms with Gasteiger partial charge in [0.2, 0.25) is 0 Å². The van der Waals surface area contributed by atoms with Crippen LogP contribution in [0.1, 0.15) is 20.3 Å².